The summed E-state index contributed by atoms with van der Waals surface area (Å²) in [6.07, 6.45) is 0. The lowest BCUT2D eigenvalue weighted by atomic mass is 10.1. The summed E-state index contributed by atoms with van der Waals surface area (Å²) in [5.74, 6) is 0.379. The Balaban J connectivity index is 3.14. The van der Waals surface area contributed by atoms with Crippen LogP contribution in [0.1, 0.15) is 25.2 Å². The molecule has 0 aromatic carbocycles. The predicted octanol–water partition coefficient (Wildman–Crippen LogP) is 1.58. The molecule has 1 aromatic heterocycles. The Labute approximate surface area is 114 Å². The summed E-state index contributed by atoms with van der Waals surface area (Å²) in [5.41, 5.74) is 1.12. The minimum absolute atomic E-state index is 0.134. The molecule has 1 N–H and O–H groups in total. The molecule has 1 rings (SSSR count). The van der Waals surface area contributed by atoms with Crippen LogP contribution >= 0.6 is 11.6 Å². The van der Waals surface area contributed by atoms with Crippen molar-refractivity contribution in [1.82, 2.24) is 14.5 Å². The van der Waals surface area contributed by atoms with Crippen molar-refractivity contribution >= 4 is 21.6 Å². The number of aromatic nitrogens is 2. The van der Waals surface area contributed by atoms with Crippen LogP contribution in [0.4, 0.5) is 0 Å². The summed E-state index contributed by atoms with van der Waals surface area (Å²) in [6, 6.07) is -0.282. The summed E-state index contributed by atoms with van der Waals surface area (Å²) < 4.78 is 28.9. The van der Waals surface area contributed by atoms with Crippen molar-refractivity contribution in [2.45, 2.75) is 38.6 Å². The number of nitrogens with one attached hydrogen (secondary N) is 1. The smallest absolute Gasteiger partial charge is 0.244 e. The van der Waals surface area contributed by atoms with Gasteiger partial charge in [0.2, 0.25) is 10.0 Å². The maximum Gasteiger partial charge on any atom is 0.244 e. The molecule has 0 fully saturated rings. The molecule has 0 aliphatic heterocycles. The molecule has 0 saturated heterocycles. The molecule has 0 bridgehead atoms. The third-order valence-electron chi connectivity index (χ3n) is 2.99. The van der Waals surface area contributed by atoms with Gasteiger partial charge in [-0.3, -0.25) is 4.68 Å². The molecular weight excluding hydrogens is 274 g/mol. The SMILES string of the molecule is Cc1nn(C)c(C)c1S(=O)(=O)NC(CCl)C(C)C. The van der Waals surface area contributed by atoms with Crippen LogP contribution in [0.2, 0.25) is 0 Å². The second kappa shape index (κ2) is 5.59. The topological polar surface area (TPSA) is 64.0 Å². The van der Waals surface area contributed by atoms with Crippen LogP contribution in [0.5, 0.6) is 0 Å². The number of rotatable bonds is 5. The molecule has 18 heavy (non-hydrogen) atoms. The van der Waals surface area contributed by atoms with E-state index < -0.39 is 10.0 Å². The highest BCUT2D eigenvalue weighted by Crippen LogP contribution is 2.19. The van der Waals surface area contributed by atoms with Crippen molar-refractivity contribution in [2.24, 2.45) is 13.0 Å². The molecule has 104 valence electrons. The minimum atomic E-state index is -3.57. The molecular formula is C11H20ClN3O2S. The van der Waals surface area contributed by atoms with Gasteiger partial charge in [0.15, 0.2) is 0 Å². The van der Waals surface area contributed by atoms with E-state index in [1.54, 1.807) is 25.6 Å². The summed E-state index contributed by atoms with van der Waals surface area (Å²) in [5, 5.41) is 4.12. The lowest BCUT2D eigenvalue weighted by molar-refractivity contribution is 0.479. The van der Waals surface area contributed by atoms with Crippen molar-refractivity contribution in [3.63, 3.8) is 0 Å². The van der Waals surface area contributed by atoms with Crippen LogP contribution in [0.25, 0.3) is 0 Å². The van der Waals surface area contributed by atoms with E-state index in [0.717, 1.165) is 0 Å². The summed E-state index contributed by atoms with van der Waals surface area (Å²) in [7, 11) is -1.85. The number of hydrogen-bond acceptors (Lipinski definition) is 3. The maximum absolute atomic E-state index is 12.3. The molecule has 0 radical (unpaired) electrons. The first-order chi connectivity index (χ1) is 8.20. The fourth-order valence-electron chi connectivity index (χ4n) is 1.75. The fraction of sp³-hybridized carbons (Fsp3) is 0.727. The Hall–Kier alpha value is -0.590. The van der Waals surface area contributed by atoms with Crippen molar-refractivity contribution < 1.29 is 8.42 Å². The average Bonchev–Trinajstić information content (AvgIpc) is 2.49. The van der Waals surface area contributed by atoms with Gasteiger partial charge in [0.25, 0.3) is 0 Å². The zero-order chi connectivity index (χ0) is 14.1. The molecule has 0 aliphatic rings. The molecule has 7 heteroatoms. The van der Waals surface area contributed by atoms with Gasteiger partial charge < -0.3 is 0 Å². The van der Waals surface area contributed by atoms with E-state index in [1.807, 2.05) is 13.8 Å². The monoisotopic (exact) mass is 293 g/mol. The summed E-state index contributed by atoms with van der Waals surface area (Å²) in [6.45, 7) is 7.28. The molecule has 1 aromatic rings. The minimum Gasteiger partial charge on any atom is -0.271 e. The van der Waals surface area contributed by atoms with E-state index in [9.17, 15) is 8.42 Å². The van der Waals surface area contributed by atoms with Gasteiger partial charge in [-0.05, 0) is 19.8 Å². The Morgan fingerprint density at radius 3 is 2.28 bits per heavy atom. The van der Waals surface area contributed by atoms with Crippen molar-refractivity contribution in [1.29, 1.82) is 0 Å². The van der Waals surface area contributed by atoms with Crippen LogP contribution in [-0.4, -0.2) is 30.1 Å². The number of nitrogens with zero attached hydrogens (tertiary/aromatic N) is 2. The van der Waals surface area contributed by atoms with Gasteiger partial charge in [0, 0.05) is 19.0 Å². The zero-order valence-electron chi connectivity index (χ0n) is 11.4. The zero-order valence-corrected chi connectivity index (χ0v) is 12.9. The lowest BCUT2D eigenvalue weighted by Crippen LogP contribution is -2.40. The number of alkyl halides is 1. The predicted molar refractivity (Wildman–Crippen MR) is 72.3 cm³/mol. The molecule has 0 spiro atoms. The van der Waals surface area contributed by atoms with Gasteiger partial charge in [0.1, 0.15) is 4.90 Å². The Morgan fingerprint density at radius 2 is 1.94 bits per heavy atom. The van der Waals surface area contributed by atoms with Crippen LogP contribution in [0, 0.1) is 19.8 Å². The Morgan fingerprint density at radius 1 is 1.39 bits per heavy atom. The van der Waals surface area contributed by atoms with Crippen LogP contribution in [0.15, 0.2) is 4.90 Å². The number of hydrogen-bond donors (Lipinski definition) is 1. The second-order valence-corrected chi connectivity index (χ2v) is 6.71. The molecule has 1 atom stereocenters. The normalized spacial score (nSPS) is 14.2. The van der Waals surface area contributed by atoms with E-state index in [-0.39, 0.29) is 22.7 Å². The first-order valence-corrected chi connectivity index (χ1v) is 7.81. The summed E-state index contributed by atoms with van der Waals surface area (Å²) in [4.78, 5) is 0.251. The second-order valence-electron chi connectivity index (χ2n) is 4.75. The third-order valence-corrected chi connectivity index (χ3v) is 5.06. The van der Waals surface area contributed by atoms with Crippen LogP contribution < -0.4 is 4.72 Å². The van der Waals surface area contributed by atoms with Crippen molar-refractivity contribution in [2.75, 3.05) is 5.88 Å². The van der Waals surface area contributed by atoms with Crippen molar-refractivity contribution in [3.8, 4) is 0 Å². The molecule has 0 saturated carbocycles. The van der Waals surface area contributed by atoms with Gasteiger partial charge in [-0.1, -0.05) is 13.8 Å². The lowest BCUT2D eigenvalue weighted by Gasteiger charge is -2.19. The fourth-order valence-corrected chi connectivity index (χ4v) is 4.09. The third kappa shape index (κ3) is 3.05. The number of halogens is 1. The van der Waals surface area contributed by atoms with E-state index in [2.05, 4.69) is 9.82 Å². The molecule has 0 aliphatic carbocycles. The molecule has 5 nitrogen and oxygen atoms in total. The highest BCUT2D eigenvalue weighted by molar-refractivity contribution is 7.89. The van der Waals surface area contributed by atoms with Crippen LogP contribution in [-0.2, 0) is 17.1 Å². The van der Waals surface area contributed by atoms with Gasteiger partial charge in [-0.15, -0.1) is 11.6 Å². The summed E-state index contributed by atoms with van der Waals surface area (Å²) >= 11 is 5.79. The van der Waals surface area contributed by atoms with Gasteiger partial charge in [0.05, 0.1) is 11.4 Å². The van der Waals surface area contributed by atoms with Crippen molar-refractivity contribution in [3.05, 3.63) is 11.4 Å². The van der Waals surface area contributed by atoms with E-state index in [1.165, 1.54) is 0 Å². The maximum atomic E-state index is 12.3. The molecule has 1 unspecified atom stereocenters. The number of aryl methyl sites for hydroxylation is 2. The van der Waals surface area contributed by atoms with Gasteiger partial charge in [-0.25, -0.2) is 13.1 Å². The number of sulfonamides is 1. The highest BCUT2D eigenvalue weighted by atomic mass is 35.5. The molecule has 1 heterocycles. The first-order valence-electron chi connectivity index (χ1n) is 5.79. The van der Waals surface area contributed by atoms with Crippen LogP contribution in [0.3, 0.4) is 0 Å². The standard InChI is InChI=1S/C11H20ClN3O2S/c1-7(2)10(6-12)14-18(16,17)11-8(3)13-15(5)9(11)4/h7,10,14H,6H2,1-5H3. The average molecular weight is 294 g/mol. The van der Waals surface area contributed by atoms with E-state index in [0.29, 0.717) is 11.4 Å². The quantitative estimate of drug-likeness (QED) is 0.838. The molecule has 0 amide bonds. The Kier molecular flexibility index (Phi) is 4.80. The van der Waals surface area contributed by atoms with Gasteiger partial charge in [-0.2, -0.15) is 5.10 Å². The highest BCUT2D eigenvalue weighted by Gasteiger charge is 2.27. The largest absolute Gasteiger partial charge is 0.271 e. The van der Waals surface area contributed by atoms with Gasteiger partial charge >= 0.3 is 0 Å². The van der Waals surface area contributed by atoms with E-state index >= 15 is 0 Å². The first kappa shape index (κ1) is 15.5. The van der Waals surface area contributed by atoms with E-state index in [4.69, 9.17) is 11.6 Å². The Bertz CT molecular complexity index is 523.